The molecule has 0 heterocycles. The molecular formula is C18H23NO2. The second kappa shape index (κ2) is 7.70. The molecule has 0 atom stereocenters. The fourth-order valence-corrected chi connectivity index (χ4v) is 2.02. The van der Waals surface area contributed by atoms with E-state index in [9.17, 15) is 5.11 Å². The monoisotopic (exact) mass is 285 g/mol. The van der Waals surface area contributed by atoms with Gasteiger partial charge >= 0.3 is 0 Å². The summed E-state index contributed by atoms with van der Waals surface area (Å²) in [5.74, 6) is 1.77. The van der Waals surface area contributed by atoms with E-state index in [1.165, 1.54) is 5.56 Å². The first-order chi connectivity index (χ1) is 10.1. The summed E-state index contributed by atoms with van der Waals surface area (Å²) in [6.45, 7) is 6.76. The molecule has 0 aromatic heterocycles. The number of ether oxygens (including phenoxy) is 1. The zero-order valence-electron chi connectivity index (χ0n) is 12.7. The zero-order chi connectivity index (χ0) is 15.1. The molecule has 0 saturated heterocycles. The molecular weight excluding hydrogens is 262 g/mol. The highest BCUT2D eigenvalue weighted by Gasteiger charge is 1.99. The Labute approximate surface area is 126 Å². The lowest BCUT2D eigenvalue weighted by Gasteiger charge is -2.09. The quantitative estimate of drug-likeness (QED) is 0.814. The van der Waals surface area contributed by atoms with Crippen LogP contribution in [0, 0.1) is 5.92 Å². The van der Waals surface area contributed by atoms with Crippen molar-refractivity contribution in [3.8, 4) is 11.5 Å². The first-order valence-electron chi connectivity index (χ1n) is 7.34. The molecule has 0 radical (unpaired) electrons. The second-order valence-electron chi connectivity index (χ2n) is 5.63. The van der Waals surface area contributed by atoms with Crippen LogP contribution in [0.15, 0.2) is 48.5 Å². The zero-order valence-corrected chi connectivity index (χ0v) is 12.7. The minimum atomic E-state index is 0.266. The van der Waals surface area contributed by atoms with Crippen LogP contribution in [0.2, 0.25) is 0 Å². The molecule has 3 nitrogen and oxygen atoms in total. The van der Waals surface area contributed by atoms with Crippen LogP contribution in [0.3, 0.4) is 0 Å². The topological polar surface area (TPSA) is 41.5 Å². The van der Waals surface area contributed by atoms with Crippen LogP contribution in [0.25, 0.3) is 0 Å². The number of hydrogen-bond donors (Lipinski definition) is 2. The SMILES string of the molecule is CC(C)CNCc1ccc(OCc2cccc(O)c2)cc1. The van der Waals surface area contributed by atoms with Gasteiger partial charge < -0.3 is 15.2 Å². The maximum Gasteiger partial charge on any atom is 0.119 e. The molecule has 0 aliphatic carbocycles. The van der Waals surface area contributed by atoms with Gasteiger partial charge in [0.25, 0.3) is 0 Å². The van der Waals surface area contributed by atoms with Gasteiger partial charge in [0.1, 0.15) is 18.1 Å². The third-order valence-electron chi connectivity index (χ3n) is 3.12. The molecule has 2 aromatic carbocycles. The smallest absolute Gasteiger partial charge is 0.119 e. The van der Waals surface area contributed by atoms with E-state index in [1.807, 2.05) is 24.3 Å². The normalized spacial score (nSPS) is 10.8. The van der Waals surface area contributed by atoms with Gasteiger partial charge in [-0.15, -0.1) is 0 Å². The Morgan fingerprint density at radius 1 is 1.05 bits per heavy atom. The summed E-state index contributed by atoms with van der Waals surface area (Å²) in [4.78, 5) is 0. The maximum absolute atomic E-state index is 9.41. The van der Waals surface area contributed by atoms with Gasteiger partial charge in [-0.25, -0.2) is 0 Å². The van der Waals surface area contributed by atoms with Gasteiger partial charge in [-0.05, 0) is 47.9 Å². The van der Waals surface area contributed by atoms with E-state index in [1.54, 1.807) is 12.1 Å². The number of phenolic OH excluding ortho intramolecular Hbond substituents is 1. The molecule has 2 N–H and O–H groups in total. The standard InChI is InChI=1S/C18H23NO2/c1-14(2)11-19-12-15-6-8-18(9-7-15)21-13-16-4-3-5-17(20)10-16/h3-10,14,19-20H,11-13H2,1-2H3. The van der Waals surface area contributed by atoms with E-state index >= 15 is 0 Å². The molecule has 0 aliphatic heterocycles. The van der Waals surface area contributed by atoms with Crippen LogP contribution >= 0.6 is 0 Å². The maximum atomic E-state index is 9.41. The number of phenols is 1. The number of rotatable bonds is 7. The van der Waals surface area contributed by atoms with Gasteiger partial charge in [-0.3, -0.25) is 0 Å². The predicted molar refractivity (Wildman–Crippen MR) is 85.4 cm³/mol. The van der Waals surface area contributed by atoms with Gasteiger partial charge in [0.15, 0.2) is 0 Å². The van der Waals surface area contributed by atoms with Crippen LogP contribution < -0.4 is 10.1 Å². The molecule has 0 unspecified atom stereocenters. The summed E-state index contributed by atoms with van der Waals surface area (Å²) >= 11 is 0. The van der Waals surface area contributed by atoms with Crippen molar-refractivity contribution in [1.29, 1.82) is 0 Å². The van der Waals surface area contributed by atoms with Gasteiger partial charge in [0.05, 0.1) is 0 Å². The second-order valence-corrected chi connectivity index (χ2v) is 5.63. The first-order valence-corrected chi connectivity index (χ1v) is 7.34. The van der Waals surface area contributed by atoms with Crippen molar-refractivity contribution in [3.63, 3.8) is 0 Å². The third kappa shape index (κ3) is 5.48. The van der Waals surface area contributed by atoms with Crippen molar-refractivity contribution < 1.29 is 9.84 Å². The Morgan fingerprint density at radius 3 is 2.48 bits per heavy atom. The van der Waals surface area contributed by atoms with Crippen molar-refractivity contribution >= 4 is 0 Å². The van der Waals surface area contributed by atoms with E-state index in [0.29, 0.717) is 12.5 Å². The Hall–Kier alpha value is -2.00. The summed E-state index contributed by atoms with van der Waals surface area (Å²) in [6.07, 6.45) is 0. The van der Waals surface area contributed by atoms with Gasteiger partial charge in [-0.2, -0.15) is 0 Å². The largest absolute Gasteiger partial charge is 0.508 e. The molecule has 0 amide bonds. The molecule has 0 aliphatic rings. The van der Waals surface area contributed by atoms with Crippen LogP contribution in [-0.4, -0.2) is 11.7 Å². The first kappa shape index (κ1) is 15.4. The van der Waals surface area contributed by atoms with Crippen molar-refractivity contribution in [2.45, 2.75) is 27.0 Å². The highest BCUT2D eigenvalue weighted by atomic mass is 16.5. The highest BCUT2D eigenvalue weighted by molar-refractivity contribution is 5.29. The summed E-state index contributed by atoms with van der Waals surface area (Å²) < 4.78 is 5.71. The Morgan fingerprint density at radius 2 is 1.81 bits per heavy atom. The van der Waals surface area contributed by atoms with E-state index in [2.05, 4.69) is 31.3 Å². The lowest BCUT2D eigenvalue weighted by atomic mass is 10.2. The average Bonchev–Trinajstić information content (AvgIpc) is 2.46. The van der Waals surface area contributed by atoms with Crippen LogP contribution in [-0.2, 0) is 13.2 Å². The molecule has 0 spiro atoms. The molecule has 112 valence electrons. The molecule has 2 aromatic rings. The Kier molecular flexibility index (Phi) is 5.64. The molecule has 2 rings (SSSR count). The van der Waals surface area contributed by atoms with Gasteiger partial charge in [0.2, 0.25) is 0 Å². The third-order valence-corrected chi connectivity index (χ3v) is 3.12. The van der Waals surface area contributed by atoms with Crippen molar-refractivity contribution in [2.24, 2.45) is 5.92 Å². The number of hydrogen-bond acceptors (Lipinski definition) is 3. The van der Waals surface area contributed by atoms with Crippen LogP contribution in [0.1, 0.15) is 25.0 Å². The Bertz CT molecular complexity index is 549. The van der Waals surface area contributed by atoms with E-state index in [-0.39, 0.29) is 5.75 Å². The van der Waals surface area contributed by atoms with Crippen LogP contribution in [0.5, 0.6) is 11.5 Å². The summed E-state index contributed by atoms with van der Waals surface area (Å²) in [5.41, 5.74) is 2.21. The average molecular weight is 285 g/mol. The summed E-state index contributed by atoms with van der Waals surface area (Å²) in [6, 6.07) is 15.2. The minimum absolute atomic E-state index is 0.266. The molecule has 3 heteroatoms. The van der Waals surface area contributed by atoms with E-state index < -0.39 is 0 Å². The number of aromatic hydroxyl groups is 1. The predicted octanol–water partition coefficient (Wildman–Crippen LogP) is 3.72. The fourth-order valence-electron chi connectivity index (χ4n) is 2.02. The fraction of sp³-hybridized carbons (Fsp3) is 0.333. The summed E-state index contributed by atoms with van der Waals surface area (Å²) in [7, 11) is 0. The molecule has 0 saturated carbocycles. The van der Waals surface area contributed by atoms with Gasteiger partial charge in [-0.1, -0.05) is 38.1 Å². The lowest BCUT2D eigenvalue weighted by Crippen LogP contribution is -2.18. The highest BCUT2D eigenvalue weighted by Crippen LogP contribution is 2.16. The van der Waals surface area contributed by atoms with E-state index in [0.717, 1.165) is 24.4 Å². The minimum Gasteiger partial charge on any atom is -0.508 e. The Balaban J connectivity index is 1.82. The summed E-state index contributed by atoms with van der Waals surface area (Å²) in [5, 5.41) is 12.8. The van der Waals surface area contributed by atoms with Crippen LogP contribution in [0.4, 0.5) is 0 Å². The number of nitrogens with one attached hydrogen (secondary N) is 1. The van der Waals surface area contributed by atoms with Gasteiger partial charge in [0, 0.05) is 6.54 Å². The lowest BCUT2D eigenvalue weighted by molar-refractivity contribution is 0.305. The van der Waals surface area contributed by atoms with E-state index in [4.69, 9.17) is 4.74 Å². The molecule has 21 heavy (non-hydrogen) atoms. The van der Waals surface area contributed by atoms with Crippen molar-refractivity contribution in [3.05, 3.63) is 59.7 Å². The molecule has 0 bridgehead atoms. The molecule has 0 fully saturated rings. The number of benzene rings is 2. The van der Waals surface area contributed by atoms with Crippen molar-refractivity contribution in [2.75, 3.05) is 6.54 Å². The van der Waals surface area contributed by atoms with Crippen molar-refractivity contribution in [1.82, 2.24) is 5.32 Å².